The summed E-state index contributed by atoms with van der Waals surface area (Å²) in [7, 11) is 1.77. The van der Waals surface area contributed by atoms with E-state index in [1.807, 2.05) is 11.8 Å². The molecule has 5 heteroatoms. The fourth-order valence-corrected chi connectivity index (χ4v) is 6.53. The van der Waals surface area contributed by atoms with E-state index in [-0.39, 0.29) is 17.9 Å². The molecule has 2 saturated heterocycles. The fraction of sp³-hybridized carbons (Fsp3) is 0.529. The monoisotopic (exact) mass is 318 g/mol. The zero-order valence-electron chi connectivity index (χ0n) is 12.5. The van der Waals surface area contributed by atoms with Gasteiger partial charge in [0.1, 0.15) is 6.10 Å². The van der Waals surface area contributed by atoms with Gasteiger partial charge in [0.15, 0.2) is 5.78 Å². The Morgan fingerprint density at radius 2 is 1.73 bits per heavy atom. The van der Waals surface area contributed by atoms with Crippen molar-refractivity contribution < 1.29 is 19.1 Å². The number of hydrogen-bond donors (Lipinski definition) is 0. The first kappa shape index (κ1) is 14.3. The van der Waals surface area contributed by atoms with Gasteiger partial charge in [-0.1, -0.05) is 18.2 Å². The van der Waals surface area contributed by atoms with Gasteiger partial charge in [0.05, 0.1) is 11.7 Å². The van der Waals surface area contributed by atoms with E-state index >= 15 is 0 Å². The summed E-state index contributed by atoms with van der Waals surface area (Å²) < 4.78 is 11.4. The molecule has 4 bridgehead atoms. The first-order valence-electron chi connectivity index (χ1n) is 7.61. The molecule has 2 aliphatic carbocycles. The van der Waals surface area contributed by atoms with Crippen molar-refractivity contribution in [3.05, 3.63) is 35.4 Å². The van der Waals surface area contributed by atoms with Gasteiger partial charge in [-0.15, -0.1) is 11.8 Å². The molecule has 0 aromatic heterocycles. The van der Waals surface area contributed by atoms with Crippen LogP contribution in [-0.2, 0) is 9.47 Å². The molecule has 2 aliphatic heterocycles. The van der Waals surface area contributed by atoms with Crippen LogP contribution < -0.4 is 0 Å². The zero-order valence-corrected chi connectivity index (χ0v) is 13.3. The van der Waals surface area contributed by atoms with Gasteiger partial charge in [-0.3, -0.25) is 4.79 Å². The van der Waals surface area contributed by atoms with Gasteiger partial charge in [0.25, 0.3) is 0 Å². The second-order valence-corrected chi connectivity index (χ2v) is 7.66. The maximum absolute atomic E-state index is 12.5. The second kappa shape index (κ2) is 5.10. The Morgan fingerprint density at radius 1 is 1.09 bits per heavy atom. The van der Waals surface area contributed by atoms with Gasteiger partial charge < -0.3 is 9.47 Å². The summed E-state index contributed by atoms with van der Waals surface area (Å²) in [4.78, 5) is 24.2. The summed E-state index contributed by atoms with van der Waals surface area (Å²) in [5, 5.41) is 0.814. The Hall–Kier alpha value is -1.33. The predicted octanol–water partition coefficient (Wildman–Crippen LogP) is 2.56. The molecule has 4 fully saturated rings. The van der Waals surface area contributed by atoms with Crippen LogP contribution in [0.15, 0.2) is 24.3 Å². The highest BCUT2D eigenvalue weighted by molar-refractivity contribution is 8.01. The van der Waals surface area contributed by atoms with Crippen molar-refractivity contribution in [3.8, 4) is 0 Å². The van der Waals surface area contributed by atoms with E-state index in [0.29, 0.717) is 39.6 Å². The van der Waals surface area contributed by atoms with E-state index in [1.54, 1.807) is 31.4 Å². The van der Waals surface area contributed by atoms with Crippen molar-refractivity contribution in [3.63, 3.8) is 0 Å². The molecular weight excluding hydrogens is 300 g/mol. The van der Waals surface area contributed by atoms with Gasteiger partial charge in [-0.25, -0.2) is 4.79 Å². The highest BCUT2D eigenvalue weighted by atomic mass is 32.2. The molecule has 22 heavy (non-hydrogen) atoms. The molecule has 1 aromatic carbocycles. The molecule has 1 aromatic rings. The number of Topliss-reactive ketones (excluding diaryl/α,β-unsaturated/α-hetero) is 1. The average molecular weight is 318 g/mol. The standard InChI is InChI=1S/C17H18O4S/c1-8(18)9-5-3-4-6-10(9)17(19)21-14-12-7-11-13(20-2)15(12)22-16(11)14/h3-6,11-16H,7H2,1-2H3/t11-,12-,13?,14?,15?,16?/m1/s1. The van der Waals surface area contributed by atoms with Crippen LogP contribution in [0.1, 0.15) is 34.1 Å². The summed E-state index contributed by atoms with van der Waals surface area (Å²) >= 11 is 1.91. The fourth-order valence-electron chi connectivity index (χ4n) is 4.36. The first-order valence-corrected chi connectivity index (χ1v) is 8.55. The molecule has 2 saturated carbocycles. The number of methoxy groups -OCH3 is 1. The van der Waals surface area contributed by atoms with Crippen LogP contribution in [0.5, 0.6) is 0 Å². The summed E-state index contributed by atoms with van der Waals surface area (Å²) in [5.74, 6) is 0.423. The van der Waals surface area contributed by atoms with Gasteiger partial charge in [0.2, 0.25) is 0 Å². The number of esters is 1. The average Bonchev–Trinajstić information content (AvgIpc) is 3.23. The van der Waals surface area contributed by atoms with Crippen LogP contribution in [0, 0.1) is 11.8 Å². The van der Waals surface area contributed by atoms with Crippen molar-refractivity contribution in [2.24, 2.45) is 11.8 Å². The third-order valence-electron chi connectivity index (χ3n) is 5.24. The third-order valence-corrected chi connectivity index (χ3v) is 7.10. The van der Waals surface area contributed by atoms with E-state index in [9.17, 15) is 9.59 Å². The highest BCUT2D eigenvalue weighted by Gasteiger charge is 2.67. The summed E-state index contributed by atoms with van der Waals surface area (Å²) in [6, 6.07) is 6.87. The zero-order chi connectivity index (χ0) is 15.4. The Balaban J connectivity index is 1.53. The number of ketones is 1. The minimum Gasteiger partial charge on any atom is -0.457 e. The minimum atomic E-state index is -0.372. The molecule has 0 spiro atoms. The van der Waals surface area contributed by atoms with Gasteiger partial charge in [-0.2, -0.15) is 0 Å². The lowest BCUT2D eigenvalue weighted by molar-refractivity contribution is 0.00395. The van der Waals surface area contributed by atoms with Crippen LogP contribution in [0.2, 0.25) is 0 Å². The van der Waals surface area contributed by atoms with Crippen molar-refractivity contribution in [1.29, 1.82) is 0 Å². The number of hydrogen-bond acceptors (Lipinski definition) is 5. The van der Waals surface area contributed by atoms with E-state index in [0.717, 1.165) is 6.42 Å². The molecule has 0 radical (unpaired) electrons. The first-order chi connectivity index (χ1) is 10.6. The number of carbonyl (C=O) groups is 2. The topological polar surface area (TPSA) is 52.6 Å². The number of ether oxygens (including phenoxy) is 2. The third kappa shape index (κ3) is 1.88. The second-order valence-electron chi connectivity index (χ2n) is 6.30. The van der Waals surface area contributed by atoms with Crippen molar-refractivity contribution in [1.82, 2.24) is 0 Å². The predicted molar refractivity (Wildman–Crippen MR) is 83.2 cm³/mol. The van der Waals surface area contributed by atoms with E-state index in [1.165, 1.54) is 6.92 Å². The lowest BCUT2D eigenvalue weighted by Gasteiger charge is -2.25. The summed E-state index contributed by atoms with van der Waals surface area (Å²) in [6.07, 6.45) is 1.38. The molecule has 0 N–H and O–H groups in total. The number of carbonyl (C=O) groups excluding carboxylic acids is 2. The Kier molecular flexibility index (Phi) is 3.31. The van der Waals surface area contributed by atoms with Crippen molar-refractivity contribution >= 4 is 23.5 Å². The van der Waals surface area contributed by atoms with Crippen molar-refractivity contribution in [2.75, 3.05) is 7.11 Å². The lowest BCUT2D eigenvalue weighted by atomic mass is 9.95. The van der Waals surface area contributed by atoms with Gasteiger partial charge in [0, 0.05) is 35.0 Å². The largest absolute Gasteiger partial charge is 0.457 e. The molecule has 2 heterocycles. The summed E-state index contributed by atoms with van der Waals surface area (Å²) in [5.41, 5.74) is 0.814. The maximum Gasteiger partial charge on any atom is 0.339 e. The molecule has 6 atom stereocenters. The molecular formula is C17H18O4S. The van der Waals surface area contributed by atoms with Crippen LogP contribution >= 0.6 is 11.8 Å². The van der Waals surface area contributed by atoms with Crippen LogP contribution in [0.25, 0.3) is 0 Å². The van der Waals surface area contributed by atoms with Crippen LogP contribution in [-0.4, -0.2) is 41.6 Å². The normalized spacial score (nSPS) is 37.7. The van der Waals surface area contributed by atoms with E-state index in [4.69, 9.17) is 9.47 Å². The van der Waals surface area contributed by atoms with E-state index < -0.39 is 0 Å². The highest BCUT2D eigenvalue weighted by Crippen LogP contribution is 2.64. The molecule has 4 nitrogen and oxygen atoms in total. The SMILES string of the molecule is COC1C2SC3C(OC(=O)c4ccccc4C(C)=O)[C@H]2C[C@H]13. The van der Waals surface area contributed by atoms with Crippen LogP contribution in [0.4, 0.5) is 0 Å². The Labute approximate surface area is 133 Å². The van der Waals surface area contributed by atoms with Gasteiger partial charge >= 0.3 is 5.97 Å². The number of rotatable bonds is 4. The minimum absolute atomic E-state index is 0.0288. The smallest absolute Gasteiger partial charge is 0.339 e. The number of thioether (sulfide) groups is 1. The molecule has 116 valence electrons. The Morgan fingerprint density at radius 3 is 2.27 bits per heavy atom. The number of benzene rings is 1. The Bertz CT molecular complexity index is 625. The molecule has 0 amide bonds. The van der Waals surface area contributed by atoms with E-state index in [2.05, 4.69) is 0 Å². The quantitative estimate of drug-likeness (QED) is 0.631. The van der Waals surface area contributed by atoms with Crippen molar-refractivity contribution in [2.45, 2.75) is 36.1 Å². The summed E-state index contributed by atoms with van der Waals surface area (Å²) in [6.45, 7) is 1.47. The van der Waals surface area contributed by atoms with Gasteiger partial charge in [-0.05, 0) is 19.4 Å². The maximum atomic E-state index is 12.5. The van der Waals surface area contributed by atoms with Crippen LogP contribution in [0.3, 0.4) is 0 Å². The molecule has 5 rings (SSSR count). The lowest BCUT2D eigenvalue weighted by Crippen LogP contribution is -2.37. The molecule has 4 aliphatic rings. The molecule has 4 unspecified atom stereocenters.